The van der Waals surface area contributed by atoms with E-state index >= 15 is 0 Å². The third-order valence-corrected chi connectivity index (χ3v) is 1.69. The molecule has 0 unspecified atom stereocenters. The molecule has 0 radical (unpaired) electrons. The van der Waals surface area contributed by atoms with Gasteiger partial charge in [0.25, 0.3) is 0 Å². The van der Waals surface area contributed by atoms with Gasteiger partial charge in [-0.25, -0.2) is 9.97 Å². The first kappa shape index (κ1) is 12.5. The molecule has 0 atom stereocenters. The van der Waals surface area contributed by atoms with Gasteiger partial charge >= 0.3 is 6.18 Å². The van der Waals surface area contributed by atoms with Crippen LogP contribution >= 0.6 is 0 Å². The van der Waals surface area contributed by atoms with Crippen molar-refractivity contribution in [2.24, 2.45) is 5.92 Å². The van der Waals surface area contributed by atoms with Gasteiger partial charge < -0.3 is 11.1 Å². The quantitative estimate of drug-likeness (QED) is 0.841. The summed E-state index contributed by atoms with van der Waals surface area (Å²) in [7, 11) is 0. The molecule has 0 aliphatic rings. The zero-order chi connectivity index (χ0) is 12.3. The molecule has 0 bridgehead atoms. The topological polar surface area (TPSA) is 63.8 Å². The second-order valence-corrected chi connectivity index (χ2v) is 3.77. The molecule has 0 amide bonds. The fourth-order valence-corrected chi connectivity index (χ4v) is 0.992. The van der Waals surface area contributed by atoms with Crippen molar-refractivity contribution in [1.29, 1.82) is 0 Å². The van der Waals surface area contributed by atoms with Crippen LogP contribution in [0.25, 0.3) is 0 Å². The van der Waals surface area contributed by atoms with Crippen LogP contribution in [0, 0.1) is 5.92 Å². The third kappa shape index (κ3) is 3.56. The van der Waals surface area contributed by atoms with E-state index in [1.54, 1.807) is 0 Å². The monoisotopic (exact) mass is 234 g/mol. The summed E-state index contributed by atoms with van der Waals surface area (Å²) in [5.41, 5.74) is 5.27. The summed E-state index contributed by atoms with van der Waals surface area (Å²) in [6.07, 6.45) is -4.58. The molecule has 0 fully saturated rings. The number of aromatic nitrogens is 2. The van der Waals surface area contributed by atoms with Crippen LogP contribution in [0.1, 0.15) is 19.7 Å². The van der Waals surface area contributed by atoms with Gasteiger partial charge in [-0.05, 0) is 5.92 Å². The predicted octanol–water partition coefficient (Wildman–Crippen LogP) is 2.15. The highest BCUT2D eigenvalue weighted by molar-refractivity contribution is 5.44. The van der Waals surface area contributed by atoms with Crippen LogP contribution in [0.2, 0.25) is 0 Å². The van der Waals surface area contributed by atoms with Gasteiger partial charge in [0, 0.05) is 12.6 Å². The molecule has 3 N–H and O–H groups in total. The summed E-state index contributed by atoms with van der Waals surface area (Å²) in [5.74, 6) is -1.04. The maximum atomic E-state index is 12.3. The molecule has 0 saturated heterocycles. The van der Waals surface area contributed by atoms with Crippen LogP contribution in [-0.4, -0.2) is 16.5 Å². The van der Waals surface area contributed by atoms with E-state index in [1.165, 1.54) is 6.07 Å². The van der Waals surface area contributed by atoms with E-state index in [0.717, 1.165) is 0 Å². The molecule has 0 aliphatic heterocycles. The first-order chi connectivity index (χ1) is 7.29. The van der Waals surface area contributed by atoms with Crippen LogP contribution in [-0.2, 0) is 6.18 Å². The normalized spacial score (nSPS) is 11.9. The lowest BCUT2D eigenvalue weighted by molar-refractivity contribution is -0.144. The van der Waals surface area contributed by atoms with E-state index in [1.807, 2.05) is 13.8 Å². The lowest BCUT2D eigenvalue weighted by atomic mass is 10.2. The Kier molecular flexibility index (Phi) is 3.56. The van der Waals surface area contributed by atoms with Crippen LogP contribution in [0.5, 0.6) is 0 Å². The summed E-state index contributed by atoms with van der Waals surface area (Å²) in [6.45, 7) is 4.39. The number of nitrogen functional groups attached to an aromatic ring is 1. The molecule has 1 heterocycles. The molecule has 4 nitrogen and oxygen atoms in total. The highest BCUT2D eigenvalue weighted by Crippen LogP contribution is 2.27. The maximum Gasteiger partial charge on any atom is 0.451 e. The molecular formula is C9H13F3N4. The van der Waals surface area contributed by atoms with Gasteiger partial charge in [-0.15, -0.1) is 0 Å². The number of nitrogens with one attached hydrogen (secondary N) is 1. The van der Waals surface area contributed by atoms with E-state index in [0.29, 0.717) is 12.5 Å². The lowest BCUT2D eigenvalue weighted by Gasteiger charge is -2.11. The molecule has 0 aliphatic carbocycles. The number of halogens is 3. The van der Waals surface area contributed by atoms with Crippen molar-refractivity contribution in [2.75, 3.05) is 17.6 Å². The van der Waals surface area contributed by atoms with Gasteiger partial charge in [-0.1, -0.05) is 13.8 Å². The largest absolute Gasteiger partial charge is 0.451 e. The number of anilines is 2. The maximum absolute atomic E-state index is 12.3. The molecule has 1 aromatic heterocycles. The number of hydrogen-bond acceptors (Lipinski definition) is 4. The van der Waals surface area contributed by atoms with Gasteiger partial charge in [0.1, 0.15) is 11.6 Å². The summed E-state index contributed by atoms with van der Waals surface area (Å²) in [5, 5.41) is 2.77. The summed E-state index contributed by atoms with van der Waals surface area (Å²) in [4.78, 5) is 6.48. The van der Waals surface area contributed by atoms with E-state index in [9.17, 15) is 13.2 Å². The minimum Gasteiger partial charge on any atom is -0.384 e. The van der Waals surface area contributed by atoms with E-state index < -0.39 is 12.0 Å². The number of nitrogens with zero attached hydrogens (tertiary/aromatic N) is 2. The van der Waals surface area contributed by atoms with E-state index in [4.69, 9.17) is 5.73 Å². The van der Waals surface area contributed by atoms with Crippen molar-refractivity contribution in [2.45, 2.75) is 20.0 Å². The molecular weight excluding hydrogens is 221 g/mol. The number of hydrogen-bond donors (Lipinski definition) is 2. The van der Waals surface area contributed by atoms with Crippen LogP contribution in [0.3, 0.4) is 0 Å². The zero-order valence-corrected chi connectivity index (χ0v) is 8.97. The number of rotatable bonds is 3. The Hall–Kier alpha value is -1.53. The zero-order valence-electron chi connectivity index (χ0n) is 8.97. The minimum absolute atomic E-state index is 0.0912. The Morgan fingerprint density at radius 2 is 2.00 bits per heavy atom. The molecule has 0 saturated carbocycles. The van der Waals surface area contributed by atoms with Crippen molar-refractivity contribution in [1.82, 2.24) is 9.97 Å². The highest BCUT2D eigenvalue weighted by Gasteiger charge is 2.35. The molecule has 0 aromatic carbocycles. The minimum atomic E-state index is -4.58. The Morgan fingerprint density at radius 3 is 2.50 bits per heavy atom. The summed E-state index contributed by atoms with van der Waals surface area (Å²) in [6, 6.07) is 1.28. The number of nitrogens with two attached hydrogens (primary N) is 1. The fourth-order valence-electron chi connectivity index (χ4n) is 0.992. The Labute approximate surface area is 91.1 Å². The summed E-state index contributed by atoms with van der Waals surface area (Å²) >= 11 is 0. The number of alkyl halides is 3. The first-order valence-electron chi connectivity index (χ1n) is 4.74. The van der Waals surface area contributed by atoms with Crippen LogP contribution < -0.4 is 11.1 Å². The van der Waals surface area contributed by atoms with E-state index in [2.05, 4.69) is 15.3 Å². The van der Waals surface area contributed by atoms with Gasteiger partial charge in [0.05, 0.1) is 0 Å². The summed E-state index contributed by atoms with van der Waals surface area (Å²) < 4.78 is 37.0. The average molecular weight is 234 g/mol. The van der Waals surface area contributed by atoms with Crippen molar-refractivity contribution >= 4 is 11.6 Å². The van der Waals surface area contributed by atoms with Crippen molar-refractivity contribution < 1.29 is 13.2 Å². The molecule has 1 aromatic rings. The fraction of sp³-hybridized carbons (Fsp3) is 0.556. The van der Waals surface area contributed by atoms with Crippen molar-refractivity contribution in [3.8, 4) is 0 Å². The van der Waals surface area contributed by atoms with Gasteiger partial charge in [0.15, 0.2) is 0 Å². The Bertz CT molecular complexity index is 362. The molecule has 16 heavy (non-hydrogen) atoms. The third-order valence-electron chi connectivity index (χ3n) is 1.69. The molecule has 90 valence electrons. The van der Waals surface area contributed by atoms with Gasteiger partial charge in [0.2, 0.25) is 5.82 Å². The highest BCUT2D eigenvalue weighted by atomic mass is 19.4. The standard InChI is InChI=1S/C9H13F3N4/c1-5(2)4-14-7-3-6(13)15-8(16-7)9(10,11)12/h3,5H,4H2,1-2H3,(H3,13,14,15,16). The SMILES string of the molecule is CC(C)CNc1cc(N)nc(C(F)(F)F)n1. The second kappa shape index (κ2) is 4.54. The van der Waals surface area contributed by atoms with Gasteiger partial charge in [-0.3, -0.25) is 0 Å². The van der Waals surface area contributed by atoms with Crippen LogP contribution in [0.15, 0.2) is 6.07 Å². The Balaban J connectivity index is 2.90. The molecule has 1 rings (SSSR count). The van der Waals surface area contributed by atoms with Crippen molar-refractivity contribution in [3.63, 3.8) is 0 Å². The predicted molar refractivity (Wildman–Crippen MR) is 54.8 cm³/mol. The Morgan fingerprint density at radius 1 is 1.38 bits per heavy atom. The van der Waals surface area contributed by atoms with E-state index in [-0.39, 0.29) is 11.6 Å². The van der Waals surface area contributed by atoms with Crippen molar-refractivity contribution in [3.05, 3.63) is 11.9 Å². The van der Waals surface area contributed by atoms with Crippen LogP contribution in [0.4, 0.5) is 24.8 Å². The average Bonchev–Trinajstić information content (AvgIpc) is 2.12. The smallest absolute Gasteiger partial charge is 0.384 e. The van der Waals surface area contributed by atoms with Gasteiger partial charge in [-0.2, -0.15) is 13.2 Å². The lowest BCUT2D eigenvalue weighted by Crippen LogP contribution is -2.16. The molecule has 0 spiro atoms. The first-order valence-corrected chi connectivity index (χ1v) is 4.74. The second-order valence-electron chi connectivity index (χ2n) is 3.77. The molecule has 7 heteroatoms.